The standard InChI is InChI=1S/C14H27N3O3S/c1-14(2,10-15)11-16(3)12(18)8-21-9-13(19)17-4-6-20-7-5-17/h4-11,15H2,1-3H3. The Morgan fingerprint density at radius 1 is 1.29 bits per heavy atom. The molecule has 0 radical (unpaired) electrons. The minimum absolute atomic E-state index is 0.0382. The highest BCUT2D eigenvalue weighted by atomic mass is 32.2. The second kappa shape index (κ2) is 8.60. The highest BCUT2D eigenvalue weighted by molar-refractivity contribution is 8.00. The van der Waals surface area contributed by atoms with Crippen LogP contribution in [-0.4, -0.2) is 79.6 Å². The molecule has 1 aliphatic heterocycles. The van der Waals surface area contributed by atoms with Crippen LogP contribution in [0, 0.1) is 5.41 Å². The molecule has 0 aromatic carbocycles. The number of hydrogen-bond donors (Lipinski definition) is 1. The number of nitrogens with zero attached hydrogens (tertiary/aromatic N) is 2. The normalized spacial score (nSPS) is 15.9. The summed E-state index contributed by atoms with van der Waals surface area (Å²) < 4.78 is 5.21. The molecule has 21 heavy (non-hydrogen) atoms. The Labute approximate surface area is 131 Å². The fraction of sp³-hybridized carbons (Fsp3) is 0.857. The molecule has 6 nitrogen and oxygen atoms in total. The first-order valence-corrected chi connectivity index (χ1v) is 8.38. The van der Waals surface area contributed by atoms with Gasteiger partial charge in [-0.05, 0) is 12.0 Å². The lowest BCUT2D eigenvalue weighted by Crippen LogP contribution is -2.42. The molecule has 1 rings (SSSR count). The zero-order valence-corrected chi connectivity index (χ0v) is 14.1. The predicted octanol–water partition coefficient (Wildman–Crippen LogP) is 0.0217. The summed E-state index contributed by atoms with van der Waals surface area (Å²) in [6.45, 7) is 7.74. The summed E-state index contributed by atoms with van der Waals surface area (Å²) in [5, 5.41) is 0. The molecule has 0 saturated carbocycles. The van der Waals surface area contributed by atoms with E-state index in [9.17, 15) is 9.59 Å². The van der Waals surface area contributed by atoms with E-state index in [2.05, 4.69) is 0 Å². The fourth-order valence-corrected chi connectivity index (χ4v) is 2.89. The molecule has 0 spiro atoms. The van der Waals surface area contributed by atoms with Gasteiger partial charge in [-0.2, -0.15) is 0 Å². The number of morpholine rings is 1. The molecule has 0 bridgehead atoms. The van der Waals surface area contributed by atoms with Crippen LogP contribution in [0.25, 0.3) is 0 Å². The lowest BCUT2D eigenvalue weighted by atomic mass is 9.93. The van der Waals surface area contributed by atoms with Crippen molar-refractivity contribution < 1.29 is 14.3 Å². The SMILES string of the molecule is CN(CC(C)(C)CN)C(=O)CSCC(=O)N1CCOCC1. The second-order valence-corrected chi connectivity index (χ2v) is 7.09. The third-order valence-electron chi connectivity index (χ3n) is 3.46. The van der Waals surface area contributed by atoms with Crippen LogP contribution < -0.4 is 5.73 Å². The number of carbonyl (C=O) groups excluding carboxylic acids is 2. The van der Waals surface area contributed by atoms with Crippen LogP contribution in [0.5, 0.6) is 0 Å². The summed E-state index contributed by atoms with van der Waals surface area (Å²) in [6.07, 6.45) is 0. The van der Waals surface area contributed by atoms with Gasteiger partial charge in [-0.1, -0.05) is 13.8 Å². The topological polar surface area (TPSA) is 75.9 Å². The molecule has 122 valence electrons. The average Bonchev–Trinajstić information content (AvgIpc) is 2.47. The van der Waals surface area contributed by atoms with Crippen LogP contribution in [0.15, 0.2) is 0 Å². The zero-order chi connectivity index (χ0) is 15.9. The Kier molecular flexibility index (Phi) is 7.48. The van der Waals surface area contributed by atoms with Crippen molar-refractivity contribution in [2.75, 3.05) is 57.9 Å². The zero-order valence-electron chi connectivity index (χ0n) is 13.3. The Bertz CT molecular complexity index is 357. The van der Waals surface area contributed by atoms with Crippen molar-refractivity contribution in [3.05, 3.63) is 0 Å². The van der Waals surface area contributed by atoms with Gasteiger partial charge in [0.1, 0.15) is 0 Å². The summed E-state index contributed by atoms with van der Waals surface area (Å²) in [7, 11) is 1.78. The number of thioether (sulfide) groups is 1. The monoisotopic (exact) mass is 317 g/mol. The van der Waals surface area contributed by atoms with E-state index in [1.807, 2.05) is 13.8 Å². The summed E-state index contributed by atoms with van der Waals surface area (Å²) >= 11 is 1.37. The summed E-state index contributed by atoms with van der Waals surface area (Å²) in [4.78, 5) is 27.4. The molecule has 1 saturated heterocycles. The van der Waals surface area contributed by atoms with E-state index in [0.717, 1.165) is 0 Å². The molecule has 0 unspecified atom stereocenters. The maximum absolute atomic E-state index is 12.0. The first kappa shape index (κ1) is 18.3. The number of nitrogens with two attached hydrogens (primary N) is 1. The summed E-state index contributed by atoms with van der Waals surface area (Å²) in [5.41, 5.74) is 5.59. The molecule has 7 heteroatoms. The Morgan fingerprint density at radius 2 is 1.90 bits per heavy atom. The van der Waals surface area contributed by atoms with Gasteiger partial charge in [-0.3, -0.25) is 9.59 Å². The van der Waals surface area contributed by atoms with E-state index in [0.29, 0.717) is 50.9 Å². The fourth-order valence-electron chi connectivity index (χ4n) is 2.03. The van der Waals surface area contributed by atoms with Crippen molar-refractivity contribution in [3.63, 3.8) is 0 Å². The van der Waals surface area contributed by atoms with Crippen molar-refractivity contribution in [3.8, 4) is 0 Å². The molecular formula is C14H27N3O3S. The summed E-state index contributed by atoms with van der Waals surface area (Å²) in [5.74, 6) is 0.796. The van der Waals surface area contributed by atoms with Crippen LogP contribution in [-0.2, 0) is 14.3 Å². The second-order valence-electron chi connectivity index (χ2n) is 6.10. The lowest BCUT2D eigenvalue weighted by Gasteiger charge is -2.29. The van der Waals surface area contributed by atoms with E-state index in [1.165, 1.54) is 11.8 Å². The van der Waals surface area contributed by atoms with Crippen LogP contribution in [0.1, 0.15) is 13.8 Å². The molecule has 1 aliphatic rings. The first-order valence-electron chi connectivity index (χ1n) is 7.23. The van der Waals surface area contributed by atoms with E-state index in [-0.39, 0.29) is 17.2 Å². The number of rotatable bonds is 7. The molecule has 1 fully saturated rings. The molecule has 0 aromatic heterocycles. The van der Waals surface area contributed by atoms with Crippen LogP contribution in [0.4, 0.5) is 0 Å². The molecule has 0 atom stereocenters. The highest BCUT2D eigenvalue weighted by Gasteiger charge is 2.22. The molecule has 2 N–H and O–H groups in total. The molecular weight excluding hydrogens is 290 g/mol. The first-order chi connectivity index (χ1) is 9.85. The van der Waals surface area contributed by atoms with Gasteiger partial charge in [-0.15, -0.1) is 11.8 Å². The molecule has 0 aromatic rings. The molecule has 2 amide bonds. The average molecular weight is 317 g/mol. The Hall–Kier alpha value is -0.790. The smallest absolute Gasteiger partial charge is 0.232 e. The predicted molar refractivity (Wildman–Crippen MR) is 85.2 cm³/mol. The van der Waals surface area contributed by atoms with Gasteiger partial charge >= 0.3 is 0 Å². The van der Waals surface area contributed by atoms with E-state index >= 15 is 0 Å². The van der Waals surface area contributed by atoms with Crippen molar-refractivity contribution in [2.45, 2.75) is 13.8 Å². The van der Waals surface area contributed by atoms with Gasteiger partial charge in [0.2, 0.25) is 11.8 Å². The third-order valence-corrected chi connectivity index (χ3v) is 4.36. The lowest BCUT2D eigenvalue weighted by molar-refractivity contribution is -0.132. The minimum Gasteiger partial charge on any atom is -0.378 e. The van der Waals surface area contributed by atoms with Gasteiger partial charge < -0.3 is 20.3 Å². The number of amides is 2. The van der Waals surface area contributed by atoms with Crippen molar-refractivity contribution >= 4 is 23.6 Å². The van der Waals surface area contributed by atoms with Gasteiger partial charge in [-0.25, -0.2) is 0 Å². The summed E-state index contributed by atoms with van der Waals surface area (Å²) in [6, 6.07) is 0. The van der Waals surface area contributed by atoms with Crippen LogP contribution in [0.2, 0.25) is 0 Å². The molecule has 1 heterocycles. The van der Waals surface area contributed by atoms with Crippen molar-refractivity contribution in [1.29, 1.82) is 0 Å². The van der Waals surface area contributed by atoms with Gasteiger partial charge in [0, 0.05) is 26.7 Å². The van der Waals surface area contributed by atoms with Crippen molar-refractivity contribution in [2.24, 2.45) is 11.1 Å². The number of carbonyl (C=O) groups is 2. The molecule has 0 aliphatic carbocycles. The van der Waals surface area contributed by atoms with Gasteiger partial charge in [0.05, 0.1) is 24.7 Å². The Morgan fingerprint density at radius 3 is 2.48 bits per heavy atom. The van der Waals surface area contributed by atoms with E-state index < -0.39 is 0 Å². The highest BCUT2D eigenvalue weighted by Crippen LogP contribution is 2.15. The maximum Gasteiger partial charge on any atom is 0.232 e. The van der Waals surface area contributed by atoms with E-state index in [4.69, 9.17) is 10.5 Å². The van der Waals surface area contributed by atoms with Gasteiger partial charge in [0.15, 0.2) is 0 Å². The van der Waals surface area contributed by atoms with Crippen molar-refractivity contribution in [1.82, 2.24) is 9.80 Å². The quantitative estimate of drug-likeness (QED) is 0.716. The minimum atomic E-state index is -0.0846. The number of ether oxygens (including phenoxy) is 1. The Balaban J connectivity index is 2.24. The van der Waals surface area contributed by atoms with E-state index in [1.54, 1.807) is 16.8 Å². The van der Waals surface area contributed by atoms with Crippen LogP contribution in [0.3, 0.4) is 0 Å². The maximum atomic E-state index is 12.0. The largest absolute Gasteiger partial charge is 0.378 e. The third kappa shape index (κ3) is 6.67. The van der Waals surface area contributed by atoms with Gasteiger partial charge in [0.25, 0.3) is 0 Å². The number of hydrogen-bond acceptors (Lipinski definition) is 5. The van der Waals surface area contributed by atoms with Crippen LogP contribution >= 0.6 is 11.8 Å².